The maximum Gasteiger partial charge on any atom is 0.165 e. The van der Waals surface area contributed by atoms with E-state index >= 15 is 0 Å². The lowest BCUT2D eigenvalue weighted by molar-refractivity contribution is -0.0505. The fraction of sp³-hybridized carbons (Fsp3) is 0.647. The van der Waals surface area contributed by atoms with Gasteiger partial charge in [0.05, 0.1) is 19.8 Å². The van der Waals surface area contributed by atoms with E-state index in [2.05, 4.69) is 12.2 Å². The molecule has 1 aliphatic heterocycles. The highest BCUT2D eigenvalue weighted by Crippen LogP contribution is 2.36. The van der Waals surface area contributed by atoms with Gasteiger partial charge in [-0.2, -0.15) is 0 Å². The Hall–Kier alpha value is -1.13. The maximum atomic E-state index is 13.8. The van der Waals surface area contributed by atoms with Crippen molar-refractivity contribution in [1.29, 1.82) is 0 Å². The molecule has 3 rings (SSSR count). The van der Waals surface area contributed by atoms with Crippen LogP contribution < -0.4 is 10.1 Å². The van der Waals surface area contributed by atoms with Crippen LogP contribution >= 0.6 is 0 Å². The van der Waals surface area contributed by atoms with Gasteiger partial charge < -0.3 is 14.8 Å². The number of benzene rings is 1. The van der Waals surface area contributed by atoms with E-state index in [1.54, 1.807) is 6.07 Å². The Kier molecular flexibility index (Phi) is 4.18. The van der Waals surface area contributed by atoms with Crippen LogP contribution in [-0.2, 0) is 4.74 Å². The van der Waals surface area contributed by atoms with Crippen molar-refractivity contribution >= 4 is 0 Å². The van der Waals surface area contributed by atoms with Crippen LogP contribution in [0.15, 0.2) is 18.2 Å². The molecule has 2 aliphatic rings. The smallest absolute Gasteiger partial charge is 0.165 e. The number of hydrogen-bond acceptors (Lipinski definition) is 3. The zero-order chi connectivity index (χ0) is 14.9. The van der Waals surface area contributed by atoms with E-state index in [0.29, 0.717) is 0 Å². The first kappa shape index (κ1) is 14.8. The Morgan fingerprint density at radius 1 is 1.33 bits per heavy atom. The molecular formula is C17H24FNO2. The van der Waals surface area contributed by atoms with Crippen molar-refractivity contribution in [3.8, 4) is 5.75 Å². The molecule has 1 atom stereocenters. The van der Waals surface area contributed by atoms with Gasteiger partial charge in [0.25, 0.3) is 0 Å². The van der Waals surface area contributed by atoms with E-state index < -0.39 is 0 Å². The molecule has 1 heterocycles. The lowest BCUT2D eigenvalue weighted by Crippen LogP contribution is -2.56. The molecule has 1 N–H and O–H groups in total. The number of ether oxygens (including phenoxy) is 2. The summed E-state index contributed by atoms with van der Waals surface area (Å²) in [6, 6.07) is 5.07. The highest BCUT2D eigenvalue weighted by atomic mass is 19.1. The highest BCUT2D eigenvalue weighted by Gasteiger charge is 2.38. The summed E-state index contributed by atoms with van der Waals surface area (Å²) in [6.07, 6.45) is 4.81. The number of hydrogen-bond donors (Lipinski definition) is 1. The molecule has 1 aliphatic carbocycles. The zero-order valence-corrected chi connectivity index (χ0v) is 12.8. The van der Waals surface area contributed by atoms with Gasteiger partial charge in [0.1, 0.15) is 0 Å². The van der Waals surface area contributed by atoms with Crippen LogP contribution in [0.5, 0.6) is 5.75 Å². The van der Waals surface area contributed by atoms with Gasteiger partial charge >= 0.3 is 0 Å². The van der Waals surface area contributed by atoms with E-state index in [9.17, 15) is 4.39 Å². The molecule has 0 amide bonds. The third-order valence-corrected chi connectivity index (χ3v) is 5.00. The summed E-state index contributed by atoms with van der Waals surface area (Å²) in [5, 5.41) is 3.67. The lowest BCUT2D eigenvalue weighted by atomic mass is 9.77. The third-order valence-electron chi connectivity index (χ3n) is 5.00. The molecule has 2 fully saturated rings. The van der Waals surface area contributed by atoms with Gasteiger partial charge in [0.15, 0.2) is 11.6 Å². The van der Waals surface area contributed by atoms with Gasteiger partial charge in [-0.05, 0) is 49.3 Å². The van der Waals surface area contributed by atoms with Crippen LogP contribution in [0.3, 0.4) is 0 Å². The normalized spacial score (nSPS) is 33.1. The first-order valence-electron chi connectivity index (χ1n) is 7.82. The maximum absolute atomic E-state index is 13.8. The molecule has 116 valence electrons. The summed E-state index contributed by atoms with van der Waals surface area (Å²) in [5.41, 5.74) is 1.02. The van der Waals surface area contributed by atoms with E-state index in [0.717, 1.165) is 24.6 Å². The standard InChI is InChI=1S/C17H24FNO2/c1-12-5-7-17(8-6-12)11-21-16(10-19-17)13-3-4-15(20-2)14(18)9-13/h3-4,9,12,16,19H,5-8,10-11H2,1-2H3. The lowest BCUT2D eigenvalue weighted by Gasteiger charge is -2.45. The zero-order valence-electron chi connectivity index (χ0n) is 12.8. The topological polar surface area (TPSA) is 30.5 Å². The van der Waals surface area contributed by atoms with Crippen molar-refractivity contribution in [2.24, 2.45) is 5.92 Å². The van der Waals surface area contributed by atoms with E-state index in [4.69, 9.17) is 9.47 Å². The molecule has 3 nitrogen and oxygen atoms in total. The molecular weight excluding hydrogens is 269 g/mol. The first-order valence-corrected chi connectivity index (χ1v) is 7.82. The van der Waals surface area contributed by atoms with Crippen LogP contribution in [0.2, 0.25) is 0 Å². The SMILES string of the molecule is COc1ccc(C2CNC3(CCC(C)CC3)CO2)cc1F. The van der Waals surface area contributed by atoms with Crippen LogP contribution in [0, 0.1) is 11.7 Å². The molecule has 4 heteroatoms. The van der Waals surface area contributed by atoms with Crippen molar-refractivity contribution in [1.82, 2.24) is 5.32 Å². The second-order valence-corrected chi connectivity index (χ2v) is 6.54. The Bertz CT molecular complexity index is 488. The van der Waals surface area contributed by atoms with Gasteiger partial charge in [-0.15, -0.1) is 0 Å². The van der Waals surface area contributed by atoms with Gasteiger partial charge in [0.2, 0.25) is 0 Å². The first-order chi connectivity index (χ1) is 10.1. The van der Waals surface area contributed by atoms with Crippen molar-refractivity contribution in [3.05, 3.63) is 29.6 Å². The molecule has 21 heavy (non-hydrogen) atoms. The predicted molar refractivity (Wildman–Crippen MR) is 80.0 cm³/mol. The molecule has 1 aromatic carbocycles. The molecule has 0 radical (unpaired) electrons. The van der Waals surface area contributed by atoms with Crippen LogP contribution in [0.4, 0.5) is 4.39 Å². The summed E-state index contributed by atoms with van der Waals surface area (Å²) >= 11 is 0. The largest absolute Gasteiger partial charge is 0.494 e. The molecule has 1 unspecified atom stereocenters. The number of methoxy groups -OCH3 is 1. The minimum absolute atomic E-state index is 0.0737. The quantitative estimate of drug-likeness (QED) is 0.906. The minimum atomic E-state index is -0.328. The number of halogens is 1. The molecule has 0 bridgehead atoms. The number of rotatable bonds is 2. The van der Waals surface area contributed by atoms with Crippen molar-refractivity contribution in [3.63, 3.8) is 0 Å². The summed E-state index contributed by atoms with van der Waals surface area (Å²) in [4.78, 5) is 0. The Labute approximate surface area is 125 Å². The Balaban J connectivity index is 1.64. The van der Waals surface area contributed by atoms with Crippen molar-refractivity contribution < 1.29 is 13.9 Å². The molecule has 1 saturated carbocycles. The molecule has 1 spiro atoms. The van der Waals surface area contributed by atoms with Gasteiger partial charge in [-0.25, -0.2) is 4.39 Å². The van der Waals surface area contributed by atoms with Crippen LogP contribution in [-0.4, -0.2) is 25.8 Å². The van der Waals surface area contributed by atoms with Gasteiger partial charge in [-0.1, -0.05) is 13.0 Å². The minimum Gasteiger partial charge on any atom is -0.494 e. The van der Waals surface area contributed by atoms with E-state index in [1.165, 1.54) is 38.9 Å². The summed E-state index contributed by atoms with van der Waals surface area (Å²) < 4.78 is 24.8. The van der Waals surface area contributed by atoms with Gasteiger partial charge in [-0.3, -0.25) is 0 Å². The number of morpholine rings is 1. The highest BCUT2D eigenvalue weighted by molar-refractivity contribution is 5.31. The monoisotopic (exact) mass is 293 g/mol. The molecule has 1 aromatic rings. The number of nitrogens with one attached hydrogen (secondary N) is 1. The summed E-state index contributed by atoms with van der Waals surface area (Å²) in [7, 11) is 1.48. The fourth-order valence-electron chi connectivity index (χ4n) is 3.41. The van der Waals surface area contributed by atoms with E-state index in [-0.39, 0.29) is 23.2 Å². The van der Waals surface area contributed by atoms with Crippen molar-refractivity contribution in [2.45, 2.75) is 44.2 Å². The Morgan fingerprint density at radius 3 is 2.67 bits per heavy atom. The molecule has 0 aromatic heterocycles. The summed E-state index contributed by atoms with van der Waals surface area (Å²) in [6.45, 7) is 3.79. The Morgan fingerprint density at radius 2 is 2.10 bits per heavy atom. The van der Waals surface area contributed by atoms with Crippen molar-refractivity contribution in [2.75, 3.05) is 20.3 Å². The second kappa shape index (κ2) is 5.93. The van der Waals surface area contributed by atoms with Gasteiger partial charge in [0, 0.05) is 12.1 Å². The summed E-state index contributed by atoms with van der Waals surface area (Å²) in [5.74, 6) is 0.775. The van der Waals surface area contributed by atoms with E-state index in [1.807, 2.05) is 6.07 Å². The van der Waals surface area contributed by atoms with Crippen LogP contribution in [0.1, 0.15) is 44.3 Å². The van der Waals surface area contributed by atoms with Crippen LogP contribution in [0.25, 0.3) is 0 Å². The predicted octanol–water partition coefficient (Wildman–Crippen LogP) is 3.44. The second-order valence-electron chi connectivity index (χ2n) is 6.54. The molecule has 1 saturated heterocycles. The average Bonchev–Trinajstić information content (AvgIpc) is 2.51. The average molecular weight is 293 g/mol. The fourth-order valence-corrected chi connectivity index (χ4v) is 3.41. The third kappa shape index (κ3) is 3.06.